The maximum Gasteiger partial charge on any atom is 0.225 e. The molecule has 0 fully saturated rings. The van der Waals surface area contributed by atoms with Gasteiger partial charge in [0.25, 0.3) is 0 Å². The molecule has 23 heavy (non-hydrogen) atoms. The van der Waals surface area contributed by atoms with Gasteiger partial charge < -0.3 is 5.32 Å². The second-order valence-electron chi connectivity index (χ2n) is 5.05. The molecule has 0 radical (unpaired) electrons. The fourth-order valence-electron chi connectivity index (χ4n) is 2.43. The Labute approximate surface area is 141 Å². The highest BCUT2D eigenvalue weighted by molar-refractivity contribution is 8.02. The van der Waals surface area contributed by atoms with Gasteiger partial charge in [0.2, 0.25) is 5.91 Å². The molecule has 1 amide bonds. The normalized spacial score (nSPS) is 17.7. The van der Waals surface area contributed by atoms with Crippen LogP contribution in [-0.4, -0.2) is 5.91 Å². The van der Waals surface area contributed by atoms with Crippen molar-refractivity contribution < 1.29 is 9.18 Å². The van der Waals surface area contributed by atoms with Crippen LogP contribution in [0.2, 0.25) is 0 Å². The Kier molecular flexibility index (Phi) is 4.79. The number of thiophene rings is 1. The molecule has 0 saturated carbocycles. The lowest BCUT2D eigenvalue weighted by Gasteiger charge is -2.24. The molecule has 0 spiro atoms. The minimum atomic E-state index is -0.281. The average Bonchev–Trinajstić information content (AvgIpc) is 3.08. The standard InChI is InChI=1S/C17H13FN2OS2/c18-14-5-2-1-4-11(14)10-23-17-13(9-19)12(8-16(21)20-17)15-6-3-7-22-15/h1-7,12H,8,10H2,(H,20,21)/t12-/m1/s1. The van der Waals surface area contributed by atoms with E-state index in [0.29, 0.717) is 21.9 Å². The molecule has 1 aromatic heterocycles. The molecule has 0 unspecified atom stereocenters. The van der Waals surface area contributed by atoms with Crippen molar-refractivity contribution in [3.05, 3.63) is 68.6 Å². The summed E-state index contributed by atoms with van der Waals surface area (Å²) in [5.41, 5.74) is 1.10. The van der Waals surface area contributed by atoms with Crippen LogP contribution < -0.4 is 5.32 Å². The molecule has 0 saturated heterocycles. The van der Waals surface area contributed by atoms with Gasteiger partial charge in [-0.25, -0.2) is 4.39 Å². The molecule has 2 heterocycles. The van der Waals surface area contributed by atoms with E-state index in [0.717, 1.165) is 4.88 Å². The molecule has 0 aliphatic carbocycles. The summed E-state index contributed by atoms with van der Waals surface area (Å²) in [6, 6.07) is 12.6. The number of allylic oxidation sites excluding steroid dienone is 1. The van der Waals surface area contributed by atoms with Crippen LogP contribution >= 0.6 is 23.1 Å². The van der Waals surface area contributed by atoms with Crippen molar-refractivity contribution in [1.29, 1.82) is 5.26 Å². The predicted octanol–water partition coefficient (Wildman–Crippen LogP) is 4.16. The zero-order valence-corrected chi connectivity index (χ0v) is 13.7. The number of amides is 1. The van der Waals surface area contributed by atoms with Crippen LogP contribution in [0, 0.1) is 17.1 Å². The minimum absolute atomic E-state index is 0.113. The maximum atomic E-state index is 13.7. The van der Waals surface area contributed by atoms with Gasteiger partial charge in [0, 0.05) is 23.0 Å². The van der Waals surface area contributed by atoms with Crippen molar-refractivity contribution in [3.8, 4) is 6.07 Å². The number of benzene rings is 1. The fourth-order valence-corrected chi connectivity index (χ4v) is 4.33. The Bertz CT molecular complexity index is 793. The minimum Gasteiger partial charge on any atom is -0.320 e. The highest BCUT2D eigenvalue weighted by atomic mass is 32.2. The fraction of sp³-hybridized carbons (Fsp3) is 0.176. The molecule has 6 heteroatoms. The van der Waals surface area contributed by atoms with Crippen LogP contribution in [0.15, 0.2) is 52.4 Å². The van der Waals surface area contributed by atoms with Gasteiger partial charge in [-0.1, -0.05) is 24.3 Å². The van der Waals surface area contributed by atoms with E-state index >= 15 is 0 Å². The number of halogens is 1. The predicted molar refractivity (Wildman–Crippen MR) is 90.2 cm³/mol. The largest absolute Gasteiger partial charge is 0.320 e. The van der Waals surface area contributed by atoms with Gasteiger partial charge >= 0.3 is 0 Å². The maximum absolute atomic E-state index is 13.7. The van der Waals surface area contributed by atoms with Crippen molar-refractivity contribution >= 4 is 29.0 Å². The molecule has 3 nitrogen and oxygen atoms in total. The molecule has 2 aromatic rings. The quantitative estimate of drug-likeness (QED) is 0.906. The second kappa shape index (κ2) is 6.99. The molecule has 116 valence electrons. The molecular formula is C17H13FN2OS2. The number of hydrogen-bond acceptors (Lipinski definition) is 4. The molecule has 1 aliphatic rings. The summed E-state index contributed by atoms with van der Waals surface area (Å²) < 4.78 is 13.7. The van der Waals surface area contributed by atoms with Crippen molar-refractivity contribution in [1.82, 2.24) is 5.32 Å². The van der Waals surface area contributed by atoms with Crippen molar-refractivity contribution in [3.63, 3.8) is 0 Å². The molecule has 1 N–H and O–H groups in total. The Morgan fingerprint density at radius 1 is 1.35 bits per heavy atom. The average molecular weight is 344 g/mol. The molecule has 0 bridgehead atoms. The summed E-state index contributed by atoms with van der Waals surface area (Å²) in [6.07, 6.45) is 0.271. The van der Waals surface area contributed by atoms with E-state index in [1.807, 2.05) is 17.5 Å². The monoisotopic (exact) mass is 344 g/mol. The van der Waals surface area contributed by atoms with E-state index in [4.69, 9.17) is 0 Å². The van der Waals surface area contributed by atoms with E-state index in [1.165, 1.54) is 29.2 Å². The Hall–Kier alpha value is -2.10. The van der Waals surface area contributed by atoms with E-state index in [1.54, 1.807) is 18.2 Å². The number of rotatable bonds is 4. The van der Waals surface area contributed by atoms with Crippen LogP contribution in [0.1, 0.15) is 22.8 Å². The Morgan fingerprint density at radius 3 is 2.87 bits per heavy atom. The zero-order valence-electron chi connectivity index (χ0n) is 12.1. The number of nitrogens with one attached hydrogen (secondary N) is 1. The third kappa shape index (κ3) is 3.46. The van der Waals surface area contributed by atoms with Gasteiger partial charge in [0.05, 0.1) is 16.7 Å². The van der Waals surface area contributed by atoms with E-state index in [9.17, 15) is 14.4 Å². The highest BCUT2D eigenvalue weighted by Gasteiger charge is 2.30. The number of hydrogen-bond donors (Lipinski definition) is 1. The van der Waals surface area contributed by atoms with E-state index in [2.05, 4.69) is 11.4 Å². The van der Waals surface area contributed by atoms with Crippen LogP contribution in [0.3, 0.4) is 0 Å². The van der Waals surface area contributed by atoms with Gasteiger partial charge in [-0.2, -0.15) is 5.26 Å². The summed E-state index contributed by atoms with van der Waals surface area (Å²) in [7, 11) is 0. The van der Waals surface area contributed by atoms with Crippen molar-refractivity contribution in [2.24, 2.45) is 0 Å². The summed E-state index contributed by atoms with van der Waals surface area (Å²) in [4.78, 5) is 13.0. The van der Waals surface area contributed by atoms with Gasteiger partial charge in [-0.05, 0) is 23.1 Å². The van der Waals surface area contributed by atoms with Gasteiger partial charge in [-0.3, -0.25) is 4.79 Å². The number of nitriles is 1. The molecule has 1 aliphatic heterocycles. The van der Waals surface area contributed by atoms with Crippen LogP contribution in [-0.2, 0) is 10.5 Å². The van der Waals surface area contributed by atoms with Gasteiger partial charge in [0.15, 0.2) is 0 Å². The molecule has 1 aromatic carbocycles. The first-order valence-electron chi connectivity index (χ1n) is 7.02. The molecular weight excluding hydrogens is 331 g/mol. The second-order valence-corrected chi connectivity index (χ2v) is 7.02. The van der Waals surface area contributed by atoms with Crippen LogP contribution in [0.5, 0.6) is 0 Å². The number of carbonyl (C=O) groups is 1. The summed E-state index contributed by atoms with van der Waals surface area (Å²) in [5.74, 6) is -0.240. The smallest absolute Gasteiger partial charge is 0.225 e. The van der Waals surface area contributed by atoms with Crippen LogP contribution in [0.25, 0.3) is 0 Å². The highest BCUT2D eigenvalue weighted by Crippen LogP contribution is 2.38. The lowest BCUT2D eigenvalue weighted by molar-refractivity contribution is -0.120. The summed E-state index contributed by atoms with van der Waals surface area (Å²) in [5, 5.41) is 14.8. The third-order valence-electron chi connectivity index (χ3n) is 3.57. The lowest BCUT2D eigenvalue weighted by Crippen LogP contribution is -2.30. The summed E-state index contributed by atoms with van der Waals surface area (Å²) >= 11 is 2.83. The number of thioether (sulfide) groups is 1. The first-order chi connectivity index (χ1) is 11.2. The first-order valence-corrected chi connectivity index (χ1v) is 8.89. The van der Waals surface area contributed by atoms with Gasteiger partial charge in [-0.15, -0.1) is 23.1 Å². The van der Waals surface area contributed by atoms with Gasteiger partial charge in [0.1, 0.15) is 5.82 Å². The van der Waals surface area contributed by atoms with Crippen molar-refractivity contribution in [2.45, 2.75) is 18.1 Å². The Morgan fingerprint density at radius 2 is 2.17 bits per heavy atom. The first kappa shape index (κ1) is 15.8. The topological polar surface area (TPSA) is 52.9 Å². The number of carbonyl (C=O) groups excluding carboxylic acids is 1. The molecule has 3 rings (SSSR count). The zero-order chi connectivity index (χ0) is 16.2. The van der Waals surface area contributed by atoms with E-state index in [-0.39, 0.29) is 24.1 Å². The SMILES string of the molecule is N#CC1=C(SCc2ccccc2F)NC(=O)C[C@H]1c1cccs1. The summed E-state index contributed by atoms with van der Waals surface area (Å²) in [6.45, 7) is 0. The number of nitrogens with zero attached hydrogens (tertiary/aromatic N) is 1. The molecule has 1 atom stereocenters. The van der Waals surface area contributed by atoms with Crippen LogP contribution in [0.4, 0.5) is 4.39 Å². The van der Waals surface area contributed by atoms with Crippen molar-refractivity contribution in [2.75, 3.05) is 0 Å². The van der Waals surface area contributed by atoms with E-state index < -0.39 is 0 Å². The Balaban J connectivity index is 1.87. The lowest BCUT2D eigenvalue weighted by atomic mass is 9.93. The third-order valence-corrected chi connectivity index (χ3v) is 5.62.